The van der Waals surface area contributed by atoms with E-state index < -0.39 is 0 Å². The van der Waals surface area contributed by atoms with Crippen molar-refractivity contribution in [1.82, 2.24) is 15.3 Å². The molecule has 1 aromatic rings. The quantitative estimate of drug-likeness (QED) is 0.784. The van der Waals surface area contributed by atoms with Gasteiger partial charge in [-0.2, -0.15) is 0 Å². The Morgan fingerprint density at radius 1 is 1.33 bits per heavy atom. The van der Waals surface area contributed by atoms with Crippen molar-refractivity contribution in [3.63, 3.8) is 0 Å². The fourth-order valence-corrected chi connectivity index (χ4v) is 2.03. The van der Waals surface area contributed by atoms with Gasteiger partial charge in [0.1, 0.15) is 10.3 Å². The van der Waals surface area contributed by atoms with Gasteiger partial charge >= 0.3 is 0 Å². The Balaban J connectivity index is 2.02. The van der Waals surface area contributed by atoms with Crippen LogP contribution in [-0.2, 0) is 0 Å². The van der Waals surface area contributed by atoms with E-state index in [1.54, 1.807) is 0 Å². The topological polar surface area (TPSA) is 49.8 Å². The lowest BCUT2D eigenvalue weighted by molar-refractivity contribution is 0.478. The van der Waals surface area contributed by atoms with Gasteiger partial charge in [0.15, 0.2) is 0 Å². The summed E-state index contributed by atoms with van der Waals surface area (Å²) in [5.74, 6) is 0.501. The molecule has 1 saturated heterocycles. The van der Waals surface area contributed by atoms with Crippen LogP contribution in [0.25, 0.3) is 0 Å². The molecule has 0 saturated carbocycles. The first-order chi connectivity index (χ1) is 7.24. The minimum Gasteiger partial charge on any atom is -0.350 e. The highest BCUT2D eigenvalue weighted by Gasteiger charge is 2.13. The van der Waals surface area contributed by atoms with Crippen molar-refractivity contribution in [2.45, 2.75) is 18.9 Å². The van der Waals surface area contributed by atoms with Crippen LogP contribution in [0.15, 0.2) is 6.07 Å². The van der Waals surface area contributed by atoms with E-state index in [9.17, 15) is 0 Å². The molecule has 1 unspecified atom stereocenters. The summed E-state index contributed by atoms with van der Waals surface area (Å²) < 4.78 is 0. The summed E-state index contributed by atoms with van der Waals surface area (Å²) >= 11 is 11.6. The Labute approximate surface area is 98.4 Å². The highest BCUT2D eigenvalue weighted by atomic mass is 35.5. The first kappa shape index (κ1) is 10.9. The summed E-state index contributed by atoms with van der Waals surface area (Å²) in [5.41, 5.74) is 0. The first-order valence-corrected chi connectivity index (χ1v) is 5.67. The van der Waals surface area contributed by atoms with Crippen molar-refractivity contribution >= 4 is 29.2 Å². The molecule has 0 aliphatic carbocycles. The van der Waals surface area contributed by atoms with Gasteiger partial charge in [0, 0.05) is 18.7 Å². The van der Waals surface area contributed by atoms with Crippen LogP contribution in [0.1, 0.15) is 12.8 Å². The molecule has 0 amide bonds. The molecule has 4 nitrogen and oxygen atoms in total. The van der Waals surface area contributed by atoms with Crippen LogP contribution in [0, 0.1) is 0 Å². The molecule has 1 fully saturated rings. The van der Waals surface area contributed by atoms with Crippen molar-refractivity contribution in [1.29, 1.82) is 0 Å². The third-order valence-electron chi connectivity index (χ3n) is 2.29. The summed E-state index contributed by atoms with van der Waals surface area (Å²) in [7, 11) is 0. The van der Waals surface area contributed by atoms with Gasteiger partial charge in [-0.1, -0.05) is 23.2 Å². The number of piperidine rings is 1. The van der Waals surface area contributed by atoms with E-state index in [1.165, 1.54) is 6.07 Å². The molecule has 0 radical (unpaired) electrons. The predicted molar refractivity (Wildman–Crippen MR) is 61.6 cm³/mol. The van der Waals surface area contributed by atoms with Crippen molar-refractivity contribution in [2.75, 3.05) is 18.4 Å². The molecular formula is C9H12Cl2N4. The number of nitrogens with zero attached hydrogens (tertiary/aromatic N) is 2. The molecule has 0 spiro atoms. The highest BCUT2D eigenvalue weighted by molar-refractivity contribution is 6.33. The minimum absolute atomic E-state index is 0.355. The molecular weight excluding hydrogens is 235 g/mol. The Morgan fingerprint density at radius 2 is 2.07 bits per heavy atom. The summed E-state index contributed by atoms with van der Waals surface area (Å²) in [6.45, 7) is 2.00. The zero-order valence-corrected chi connectivity index (χ0v) is 9.65. The fourth-order valence-electron chi connectivity index (χ4n) is 1.61. The maximum absolute atomic E-state index is 5.78. The number of aromatic nitrogens is 2. The normalized spacial score (nSPS) is 21.3. The molecule has 82 valence electrons. The average Bonchev–Trinajstić information content (AvgIpc) is 2.17. The average molecular weight is 247 g/mol. The SMILES string of the molecule is Clc1cc(Cl)nc(NC2CCCNC2)n1. The second-order valence-corrected chi connectivity index (χ2v) is 4.30. The third-order valence-corrected chi connectivity index (χ3v) is 2.68. The van der Waals surface area contributed by atoms with E-state index in [0.29, 0.717) is 22.3 Å². The number of hydrogen-bond donors (Lipinski definition) is 2. The molecule has 0 bridgehead atoms. The lowest BCUT2D eigenvalue weighted by Gasteiger charge is -2.23. The highest BCUT2D eigenvalue weighted by Crippen LogP contribution is 2.16. The summed E-state index contributed by atoms with van der Waals surface area (Å²) in [6, 6.07) is 1.88. The Bertz CT molecular complexity index is 319. The lowest BCUT2D eigenvalue weighted by atomic mass is 10.1. The van der Waals surface area contributed by atoms with Crippen LogP contribution in [0.2, 0.25) is 10.3 Å². The monoisotopic (exact) mass is 246 g/mol. The van der Waals surface area contributed by atoms with E-state index in [4.69, 9.17) is 23.2 Å². The fraction of sp³-hybridized carbons (Fsp3) is 0.556. The van der Waals surface area contributed by atoms with Gasteiger partial charge in [-0.15, -0.1) is 0 Å². The number of rotatable bonds is 2. The van der Waals surface area contributed by atoms with Crippen molar-refractivity contribution < 1.29 is 0 Å². The Hall–Kier alpha value is -0.580. The largest absolute Gasteiger partial charge is 0.350 e. The maximum atomic E-state index is 5.78. The van der Waals surface area contributed by atoms with E-state index in [-0.39, 0.29) is 0 Å². The second kappa shape index (κ2) is 4.96. The summed E-state index contributed by atoms with van der Waals surface area (Å²) in [6.07, 6.45) is 2.27. The van der Waals surface area contributed by atoms with E-state index in [2.05, 4.69) is 20.6 Å². The molecule has 0 aromatic carbocycles. The van der Waals surface area contributed by atoms with E-state index >= 15 is 0 Å². The molecule has 15 heavy (non-hydrogen) atoms. The van der Waals surface area contributed by atoms with Gasteiger partial charge in [0.05, 0.1) is 0 Å². The van der Waals surface area contributed by atoms with Gasteiger partial charge in [0.2, 0.25) is 5.95 Å². The maximum Gasteiger partial charge on any atom is 0.225 e. The van der Waals surface area contributed by atoms with E-state index in [0.717, 1.165) is 25.9 Å². The van der Waals surface area contributed by atoms with E-state index in [1.807, 2.05) is 0 Å². The first-order valence-electron chi connectivity index (χ1n) is 4.91. The van der Waals surface area contributed by atoms with Crippen molar-refractivity contribution in [2.24, 2.45) is 0 Å². The molecule has 2 heterocycles. The molecule has 2 N–H and O–H groups in total. The number of halogens is 2. The number of nitrogens with one attached hydrogen (secondary N) is 2. The van der Waals surface area contributed by atoms with Crippen molar-refractivity contribution in [3.8, 4) is 0 Å². The van der Waals surface area contributed by atoms with Crippen LogP contribution in [-0.4, -0.2) is 29.1 Å². The van der Waals surface area contributed by atoms with Gasteiger partial charge in [-0.05, 0) is 19.4 Å². The zero-order valence-electron chi connectivity index (χ0n) is 8.13. The Morgan fingerprint density at radius 3 is 2.67 bits per heavy atom. The van der Waals surface area contributed by atoms with Crippen LogP contribution >= 0.6 is 23.2 Å². The van der Waals surface area contributed by atoms with Crippen LogP contribution in [0.5, 0.6) is 0 Å². The molecule has 6 heteroatoms. The molecule has 1 aliphatic heterocycles. The van der Waals surface area contributed by atoms with Gasteiger partial charge in [-0.3, -0.25) is 0 Å². The van der Waals surface area contributed by atoms with Crippen molar-refractivity contribution in [3.05, 3.63) is 16.4 Å². The van der Waals surface area contributed by atoms with Crippen LogP contribution in [0.4, 0.5) is 5.95 Å². The minimum atomic E-state index is 0.355. The molecule has 2 rings (SSSR count). The van der Waals surface area contributed by atoms with Crippen LogP contribution in [0.3, 0.4) is 0 Å². The molecule has 1 aromatic heterocycles. The predicted octanol–water partition coefficient (Wildman–Crippen LogP) is 1.95. The molecule has 1 aliphatic rings. The van der Waals surface area contributed by atoms with Gasteiger partial charge < -0.3 is 10.6 Å². The van der Waals surface area contributed by atoms with Crippen LogP contribution < -0.4 is 10.6 Å². The zero-order chi connectivity index (χ0) is 10.7. The standard InChI is InChI=1S/C9H12Cl2N4/c10-7-4-8(11)15-9(14-7)13-6-2-1-3-12-5-6/h4,6,12H,1-3,5H2,(H,13,14,15). The lowest BCUT2D eigenvalue weighted by Crippen LogP contribution is -2.38. The third kappa shape index (κ3) is 3.19. The molecule has 1 atom stereocenters. The van der Waals surface area contributed by atoms with Gasteiger partial charge in [0.25, 0.3) is 0 Å². The second-order valence-electron chi connectivity index (χ2n) is 3.52. The summed E-state index contributed by atoms with van der Waals surface area (Å²) in [4.78, 5) is 8.12. The summed E-state index contributed by atoms with van der Waals surface area (Å²) in [5, 5.41) is 7.23. The smallest absolute Gasteiger partial charge is 0.225 e. The number of hydrogen-bond acceptors (Lipinski definition) is 4. The Kier molecular flexibility index (Phi) is 3.61. The van der Waals surface area contributed by atoms with Gasteiger partial charge in [-0.25, -0.2) is 9.97 Å². The number of anilines is 1.